The molecule has 18 heavy (non-hydrogen) atoms. The first-order valence-corrected chi connectivity index (χ1v) is 7.43. The molecule has 0 spiro atoms. The number of hydrogen-bond donors (Lipinski definition) is 2. The average molecular weight is 249 g/mol. The van der Waals surface area contributed by atoms with Crippen LogP contribution in [0.5, 0.6) is 0 Å². The van der Waals surface area contributed by atoms with Crippen molar-refractivity contribution in [1.82, 2.24) is 4.98 Å². The standard InChI is InChI=1S/C16H27NO/c1-11-12(2)16(17-13(11)3)15(18)10-9-14-7-5-4-6-8-14/h14-15,17-18H,4-10H2,1-3H3. The third-order valence-corrected chi connectivity index (χ3v) is 4.76. The molecule has 0 saturated heterocycles. The van der Waals surface area contributed by atoms with E-state index in [1.54, 1.807) is 0 Å². The van der Waals surface area contributed by atoms with Gasteiger partial charge in [0, 0.05) is 11.4 Å². The first-order valence-electron chi connectivity index (χ1n) is 7.43. The van der Waals surface area contributed by atoms with Gasteiger partial charge in [-0.25, -0.2) is 0 Å². The van der Waals surface area contributed by atoms with Gasteiger partial charge in [0.05, 0.1) is 6.10 Å². The zero-order chi connectivity index (χ0) is 13.1. The van der Waals surface area contributed by atoms with Gasteiger partial charge in [0.25, 0.3) is 0 Å². The summed E-state index contributed by atoms with van der Waals surface area (Å²) in [6.45, 7) is 6.32. The number of aryl methyl sites for hydroxylation is 1. The molecule has 1 aliphatic carbocycles. The summed E-state index contributed by atoms with van der Waals surface area (Å²) in [6.07, 6.45) is 8.71. The van der Waals surface area contributed by atoms with Gasteiger partial charge in [-0.2, -0.15) is 0 Å². The second kappa shape index (κ2) is 5.92. The maximum absolute atomic E-state index is 10.3. The number of aliphatic hydroxyl groups is 1. The van der Waals surface area contributed by atoms with E-state index in [1.807, 2.05) is 0 Å². The highest BCUT2D eigenvalue weighted by Crippen LogP contribution is 2.31. The van der Waals surface area contributed by atoms with Crippen molar-refractivity contribution >= 4 is 0 Å². The average Bonchev–Trinajstić information content (AvgIpc) is 2.65. The summed E-state index contributed by atoms with van der Waals surface area (Å²) in [7, 11) is 0. The Morgan fingerprint density at radius 3 is 2.33 bits per heavy atom. The highest BCUT2D eigenvalue weighted by atomic mass is 16.3. The highest BCUT2D eigenvalue weighted by Gasteiger charge is 2.19. The lowest BCUT2D eigenvalue weighted by Gasteiger charge is -2.22. The van der Waals surface area contributed by atoms with E-state index in [1.165, 1.54) is 55.3 Å². The zero-order valence-corrected chi connectivity index (χ0v) is 12.1. The molecule has 0 aromatic carbocycles. The number of aliphatic hydroxyl groups excluding tert-OH is 1. The summed E-state index contributed by atoms with van der Waals surface area (Å²) >= 11 is 0. The minimum Gasteiger partial charge on any atom is -0.387 e. The molecule has 0 bridgehead atoms. The molecule has 1 fully saturated rings. The van der Waals surface area contributed by atoms with E-state index < -0.39 is 0 Å². The van der Waals surface area contributed by atoms with Crippen molar-refractivity contribution in [2.75, 3.05) is 0 Å². The van der Waals surface area contributed by atoms with E-state index in [2.05, 4.69) is 25.8 Å². The third-order valence-electron chi connectivity index (χ3n) is 4.76. The van der Waals surface area contributed by atoms with Crippen LogP contribution in [0.4, 0.5) is 0 Å². The van der Waals surface area contributed by atoms with Crippen LogP contribution in [0.1, 0.15) is 73.6 Å². The third kappa shape index (κ3) is 2.97. The number of H-pyrrole nitrogens is 1. The fraction of sp³-hybridized carbons (Fsp3) is 0.750. The van der Waals surface area contributed by atoms with Gasteiger partial charge >= 0.3 is 0 Å². The molecule has 1 aromatic heterocycles. The second-order valence-corrected chi connectivity index (χ2v) is 6.01. The van der Waals surface area contributed by atoms with Crippen LogP contribution in [0.15, 0.2) is 0 Å². The van der Waals surface area contributed by atoms with Crippen molar-refractivity contribution < 1.29 is 5.11 Å². The summed E-state index contributed by atoms with van der Waals surface area (Å²) in [5, 5.41) is 10.3. The molecule has 1 unspecified atom stereocenters. The lowest BCUT2D eigenvalue weighted by Crippen LogP contribution is -2.09. The molecule has 1 aliphatic rings. The molecule has 1 atom stereocenters. The smallest absolute Gasteiger partial charge is 0.0940 e. The van der Waals surface area contributed by atoms with E-state index in [0.717, 1.165) is 18.0 Å². The molecule has 0 radical (unpaired) electrons. The first-order chi connectivity index (χ1) is 8.59. The lowest BCUT2D eigenvalue weighted by molar-refractivity contribution is 0.147. The molecule has 0 aliphatic heterocycles. The van der Waals surface area contributed by atoms with Crippen LogP contribution in [0, 0.1) is 26.7 Å². The largest absolute Gasteiger partial charge is 0.387 e. The minimum absolute atomic E-state index is 0.306. The molecule has 102 valence electrons. The first kappa shape index (κ1) is 13.7. The molecule has 2 rings (SSSR count). The van der Waals surface area contributed by atoms with E-state index in [-0.39, 0.29) is 6.10 Å². The predicted molar refractivity (Wildman–Crippen MR) is 75.8 cm³/mol. The monoisotopic (exact) mass is 249 g/mol. The molecular weight excluding hydrogens is 222 g/mol. The predicted octanol–water partition coefficient (Wildman–Crippen LogP) is 4.33. The lowest BCUT2D eigenvalue weighted by atomic mass is 9.85. The SMILES string of the molecule is Cc1[nH]c(C(O)CCC2CCCCC2)c(C)c1C. The fourth-order valence-electron chi connectivity index (χ4n) is 3.22. The molecule has 1 heterocycles. The Labute approximate surface area is 111 Å². The van der Waals surface area contributed by atoms with Crippen LogP contribution < -0.4 is 0 Å². The fourth-order valence-corrected chi connectivity index (χ4v) is 3.22. The van der Waals surface area contributed by atoms with Crippen molar-refractivity contribution in [2.24, 2.45) is 5.92 Å². The van der Waals surface area contributed by atoms with Gasteiger partial charge in [-0.3, -0.25) is 0 Å². The van der Waals surface area contributed by atoms with Gasteiger partial charge in [0.1, 0.15) is 0 Å². The van der Waals surface area contributed by atoms with Crippen molar-refractivity contribution in [1.29, 1.82) is 0 Å². The minimum atomic E-state index is -0.306. The van der Waals surface area contributed by atoms with Crippen LogP contribution in [0.3, 0.4) is 0 Å². The maximum atomic E-state index is 10.3. The maximum Gasteiger partial charge on any atom is 0.0940 e. The number of aromatic amines is 1. The zero-order valence-electron chi connectivity index (χ0n) is 12.1. The van der Waals surface area contributed by atoms with Crippen molar-refractivity contribution in [3.8, 4) is 0 Å². The van der Waals surface area contributed by atoms with Gasteiger partial charge in [0.15, 0.2) is 0 Å². The van der Waals surface area contributed by atoms with Gasteiger partial charge in [-0.05, 0) is 50.7 Å². The van der Waals surface area contributed by atoms with Crippen molar-refractivity contribution in [2.45, 2.75) is 71.8 Å². The second-order valence-electron chi connectivity index (χ2n) is 6.01. The van der Waals surface area contributed by atoms with Gasteiger partial charge in [-0.1, -0.05) is 32.1 Å². The Morgan fingerprint density at radius 1 is 1.11 bits per heavy atom. The molecule has 2 nitrogen and oxygen atoms in total. The topological polar surface area (TPSA) is 36.0 Å². The van der Waals surface area contributed by atoms with Crippen LogP contribution >= 0.6 is 0 Å². The Morgan fingerprint density at radius 2 is 1.78 bits per heavy atom. The van der Waals surface area contributed by atoms with Crippen LogP contribution in [0.25, 0.3) is 0 Å². The Bertz CT molecular complexity index is 388. The molecule has 1 saturated carbocycles. The van der Waals surface area contributed by atoms with Gasteiger partial charge in [-0.15, -0.1) is 0 Å². The van der Waals surface area contributed by atoms with E-state index in [0.29, 0.717) is 0 Å². The van der Waals surface area contributed by atoms with E-state index in [9.17, 15) is 5.11 Å². The number of nitrogens with one attached hydrogen (secondary N) is 1. The molecule has 0 amide bonds. The van der Waals surface area contributed by atoms with Gasteiger partial charge < -0.3 is 10.1 Å². The summed E-state index contributed by atoms with van der Waals surface area (Å²) in [6, 6.07) is 0. The normalized spacial score (nSPS) is 19.1. The summed E-state index contributed by atoms with van der Waals surface area (Å²) in [4.78, 5) is 3.35. The molecule has 2 N–H and O–H groups in total. The van der Waals surface area contributed by atoms with Gasteiger partial charge in [0.2, 0.25) is 0 Å². The number of rotatable bonds is 4. The summed E-state index contributed by atoms with van der Waals surface area (Å²) in [5.74, 6) is 0.853. The van der Waals surface area contributed by atoms with Crippen LogP contribution in [0.2, 0.25) is 0 Å². The number of hydrogen-bond acceptors (Lipinski definition) is 1. The molecule has 2 heteroatoms. The van der Waals surface area contributed by atoms with Crippen LogP contribution in [-0.4, -0.2) is 10.1 Å². The summed E-state index contributed by atoms with van der Waals surface area (Å²) < 4.78 is 0. The molecule has 1 aromatic rings. The summed E-state index contributed by atoms with van der Waals surface area (Å²) in [5.41, 5.74) is 4.77. The van der Waals surface area contributed by atoms with E-state index >= 15 is 0 Å². The Kier molecular flexibility index (Phi) is 4.50. The highest BCUT2D eigenvalue weighted by molar-refractivity contribution is 5.35. The quantitative estimate of drug-likeness (QED) is 0.818. The van der Waals surface area contributed by atoms with E-state index in [4.69, 9.17) is 0 Å². The van der Waals surface area contributed by atoms with Crippen molar-refractivity contribution in [3.63, 3.8) is 0 Å². The Hall–Kier alpha value is -0.760. The van der Waals surface area contributed by atoms with Crippen molar-refractivity contribution in [3.05, 3.63) is 22.5 Å². The molecular formula is C16H27NO. The van der Waals surface area contributed by atoms with Crippen LogP contribution in [-0.2, 0) is 0 Å². The Balaban J connectivity index is 1.90. The number of aromatic nitrogens is 1.